The van der Waals surface area contributed by atoms with E-state index in [-0.39, 0.29) is 12.1 Å². The first-order chi connectivity index (χ1) is 11.1. The summed E-state index contributed by atoms with van der Waals surface area (Å²) < 4.78 is 5.33. The van der Waals surface area contributed by atoms with Crippen molar-refractivity contribution in [1.82, 2.24) is 4.90 Å². The fourth-order valence-corrected chi connectivity index (χ4v) is 3.46. The Morgan fingerprint density at radius 2 is 1.83 bits per heavy atom. The molecule has 0 radical (unpaired) electrons. The van der Waals surface area contributed by atoms with Crippen molar-refractivity contribution in [2.45, 2.75) is 70.9 Å². The molecule has 1 aromatic carbocycles. The van der Waals surface area contributed by atoms with Gasteiger partial charge >= 0.3 is 5.97 Å². The molecule has 0 N–H and O–H groups in total. The first-order valence-electron chi connectivity index (χ1n) is 9.03. The predicted molar refractivity (Wildman–Crippen MR) is 94.4 cm³/mol. The highest BCUT2D eigenvalue weighted by Crippen LogP contribution is 2.34. The summed E-state index contributed by atoms with van der Waals surface area (Å²) in [5.41, 5.74) is 2.83. The van der Waals surface area contributed by atoms with E-state index in [1.807, 2.05) is 0 Å². The lowest BCUT2D eigenvalue weighted by atomic mass is 9.82. The van der Waals surface area contributed by atoms with Gasteiger partial charge in [0.05, 0.1) is 0 Å². The molecule has 0 aliphatic heterocycles. The Balaban J connectivity index is 1.82. The molecule has 1 fully saturated rings. The van der Waals surface area contributed by atoms with Crippen LogP contribution in [0.4, 0.5) is 0 Å². The molecule has 2 rings (SSSR count). The zero-order chi connectivity index (χ0) is 16.7. The average molecular weight is 317 g/mol. The van der Waals surface area contributed by atoms with Gasteiger partial charge < -0.3 is 9.64 Å². The smallest absolute Gasteiger partial charge is 0.302 e. The Morgan fingerprint density at radius 1 is 1.17 bits per heavy atom. The van der Waals surface area contributed by atoms with Crippen LogP contribution >= 0.6 is 0 Å². The van der Waals surface area contributed by atoms with Crippen molar-refractivity contribution in [2.75, 3.05) is 13.6 Å². The molecule has 1 aromatic rings. The zero-order valence-corrected chi connectivity index (χ0v) is 14.9. The Bertz CT molecular complexity index is 475. The van der Waals surface area contributed by atoms with E-state index in [2.05, 4.69) is 43.1 Å². The van der Waals surface area contributed by atoms with Crippen LogP contribution in [0.5, 0.6) is 0 Å². The fourth-order valence-electron chi connectivity index (χ4n) is 3.46. The van der Waals surface area contributed by atoms with Gasteiger partial charge in [0.1, 0.15) is 6.10 Å². The Kier molecular flexibility index (Phi) is 7.10. The highest BCUT2D eigenvalue weighted by molar-refractivity contribution is 5.66. The molecular formula is C20H31NO2. The van der Waals surface area contributed by atoms with Crippen molar-refractivity contribution in [3.8, 4) is 0 Å². The lowest BCUT2D eigenvalue weighted by Crippen LogP contribution is -2.22. The normalized spacial score (nSPS) is 21.4. The summed E-state index contributed by atoms with van der Waals surface area (Å²) in [6.07, 6.45) is 6.87. The molecule has 0 spiro atoms. The Hall–Kier alpha value is -1.35. The minimum atomic E-state index is -0.148. The van der Waals surface area contributed by atoms with E-state index < -0.39 is 0 Å². The highest BCUT2D eigenvalue weighted by atomic mass is 16.5. The molecule has 23 heavy (non-hydrogen) atoms. The minimum Gasteiger partial charge on any atom is -0.463 e. The van der Waals surface area contributed by atoms with E-state index in [1.54, 1.807) is 0 Å². The van der Waals surface area contributed by atoms with Crippen molar-refractivity contribution in [3.05, 3.63) is 35.4 Å². The molecule has 0 bridgehead atoms. The summed E-state index contributed by atoms with van der Waals surface area (Å²) in [6.45, 7) is 5.93. The van der Waals surface area contributed by atoms with Crippen molar-refractivity contribution in [3.63, 3.8) is 0 Å². The van der Waals surface area contributed by atoms with Crippen LogP contribution in [0, 0.1) is 0 Å². The highest BCUT2D eigenvalue weighted by Gasteiger charge is 2.24. The third-order valence-corrected chi connectivity index (χ3v) is 4.80. The van der Waals surface area contributed by atoms with Gasteiger partial charge in [-0.2, -0.15) is 0 Å². The maximum absolute atomic E-state index is 11.0. The standard InChI is InChI=1S/C20H31NO2/c1-4-5-14-21(3)15-17-6-8-18(9-7-17)19-10-12-20(13-11-19)23-16(2)22/h6-9,19-20H,4-5,10-15H2,1-3H3/t19-,20-. The lowest BCUT2D eigenvalue weighted by molar-refractivity contribution is -0.147. The molecule has 3 nitrogen and oxygen atoms in total. The molecule has 0 amide bonds. The van der Waals surface area contributed by atoms with Crippen LogP contribution in [0.1, 0.15) is 69.4 Å². The third kappa shape index (κ3) is 5.98. The molecular weight excluding hydrogens is 286 g/mol. The van der Waals surface area contributed by atoms with Gasteiger partial charge in [-0.25, -0.2) is 0 Å². The van der Waals surface area contributed by atoms with Crippen molar-refractivity contribution < 1.29 is 9.53 Å². The number of rotatable bonds is 7. The summed E-state index contributed by atoms with van der Waals surface area (Å²) in [4.78, 5) is 13.4. The van der Waals surface area contributed by atoms with Crippen molar-refractivity contribution >= 4 is 5.97 Å². The second-order valence-electron chi connectivity index (χ2n) is 6.92. The van der Waals surface area contributed by atoms with E-state index >= 15 is 0 Å². The van der Waals surface area contributed by atoms with Crippen LogP contribution in [-0.4, -0.2) is 30.6 Å². The number of nitrogens with zero attached hydrogens (tertiary/aromatic N) is 1. The zero-order valence-electron chi connectivity index (χ0n) is 14.9. The van der Waals surface area contributed by atoms with E-state index in [9.17, 15) is 4.79 Å². The fraction of sp³-hybridized carbons (Fsp3) is 0.650. The SMILES string of the molecule is CCCCN(C)Cc1ccc([C@H]2CC[C@H](OC(C)=O)CC2)cc1. The topological polar surface area (TPSA) is 29.5 Å². The van der Waals surface area contributed by atoms with Gasteiger partial charge in [0, 0.05) is 13.5 Å². The van der Waals surface area contributed by atoms with Crippen LogP contribution in [0.15, 0.2) is 24.3 Å². The molecule has 0 aromatic heterocycles. The summed E-state index contributed by atoms with van der Waals surface area (Å²) >= 11 is 0. The summed E-state index contributed by atoms with van der Waals surface area (Å²) in [5.74, 6) is 0.471. The molecule has 1 aliphatic rings. The van der Waals surface area contributed by atoms with Gasteiger partial charge in [0.2, 0.25) is 0 Å². The molecule has 0 unspecified atom stereocenters. The van der Waals surface area contributed by atoms with Gasteiger partial charge in [0.25, 0.3) is 0 Å². The van der Waals surface area contributed by atoms with Crippen LogP contribution in [0.25, 0.3) is 0 Å². The van der Waals surface area contributed by atoms with Gasteiger partial charge in [-0.05, 0) is 62.7 Å². The largest absolute Gasteiger partial charge is 0.463 e. The second-order valence-corrected chi connectivity index (χ2v) is 6.92. The number of esters is 1. The Labute approximate surface area is 141 Å². The van der Waals surface area contributed by atoms with Crippen LogP contribution in [0.3, 0.4) is 0 Å². The molecule has 0 heterocycles. The number of benzene rings is 1. The van der Waals surface area contributed by atoms with Crippen molar-refractivity contribution in [2.24, 2.45) is 0 Å². The van der Waals surface area contributed by atoms with Gasteiger partial charge in [-0.15, -0.1) is 0 Å². The van der Waals surface area contributed by atoms with E-state index in [0.717, 1.165) is 32.2 Å². The molecule has 3 heteroatoms. The maximum Gasteiger partial charge on any atom is 0.302 e. The monoisotopic (exact) mass is 317 g/mol. The van der Waals surface area contributed by atoms with E-state index in [0.29, 0.717) is 5.92 Å². The third-order valence-electron chi connectivity index (χ3n) is 4.80. The summed E-state index contributed by atoms with van der Waals surface area (Å²) in [7, 11) is 2.19. The summed E-state index contributed by atoms with van der Waals surface area (Å²) in [6, 6.07) is 9.13. The number of hydrogen-bond donors (Lipinski definition) is 0. The van der Waals surface area contributed by atoms with Crippen LogP contribution in [0.2, 0.25) is 0 Å². The number of hydrogen-bond acceptors (Lipinski definition) is 3. The van der Waals surface area contributed by atoms with Crippen molar-refractivity contribution in [1.29, 1.82) is 0 Å². The second kappa shape index (κ2) is 9.07. The van der Waals surface area contributed by atoms with Gasteiger partial charge in [0.15, 0.2) is 0 Å². The molecule has 1 saturated carbocycles. The number of carbonyl (C=O) groups is 1. The first-order valence-corrected chi connectivity index (χ1v) is 9.03. The average Bonchev–Trinajstić information content (AvgIpc) is 2.54. The van der Waals surface area contributed by atoms with Gasteiger partial charge in [-0.3, -0.25) is 4.79 Å². The first kappa shape index (κ1) is 18.0. The van der Waals surface area contributed by atoms with Gasteiger partial charge in [-0.1, -0.05) is 37.6 Å². The maximum atomic E-state index is 11.0. The quantitative estimate of drug-likeness (QED) is 0.693. The minimum absolute atomic E-state index is 0.134. The number of unbranched alkanes of at least 4 members (excludes halogenated alkanes) is 1. The van der Waals surface area contributed by atoms with E-state index in [1.165, 1.54) is 37.4 Å². The number of carbonyl (C=O) groups excluding carboxylic acids is 1. The molecule has 128 valence electrons. The lowest BCUT2D eigenvalue weighted by Gasteiger charge is -2.28. The van der Waals surface area contributed by atoms with Crippen LogP contribution in [-0.2, 0) is 16.1 Å². The van der Waals surface area contributed by atoms with E-state index in [4.69, 9.17) is 4.74 Å². The molecule has 0 saturated heterocycles. The Morgan fingerprint density at radius 3 is 2.39 bits per heavy atom. The molecule has 0 atom stereocenters. The predicted octanol–water partition coefficient (Wildman–Crippen LogP) is 4.51. The molecule has 1 aliphatic carbocycles. The number of ether oxygens (including phenoxy) is 1. The summed E-state index contributed by atoms with van der Waals surface area (Å²) in [5, 5.41) is 0. The van der Waals surface area contributed by atoms with Crippen LogP contribution < -0.4 is 0 Å².